The molecular formula is C17H25ClN4O2. The average Bonchev–Trinajstić information content (AvgIpc) is 3.29. The first-order valence-corrected chi connectivity index (χ1v) is 8.22. The Balaban J connectivity index is 0.00000208. The minimum absolute atomic E-state index is 0. The molecule has 1 aliphatic rings. The van der Waals surface area contributed by atoms with Crippen molar-refractivity contribution in [2.24, 2.45) is 11.7 Å². The molecule has 0 bridgehead atoms. The van der Waals surface area contributed by atoms with Gasteiger partial charge in [-0.15, -0.1) is 12.4 Å². The van der Waals surface area contributed by atoms with Crippen LogP contribution in [0.1, 0.15) is 38.2 Å². The zero-order valence-corrected chi connectivity index (χ0v) is 14.7. The second kappa shape index (κ2) is 7.40. The molecule has 1 atom stereocenters. The zero-order chi connectivity index (χ0) is 16.4. The SMILES string of the molecule is CC(CN)(NC(=O)CCCc1ccc2[nH]c(=O)[nH]c2c1)C1CC1.Cl. The average molecular weight is 353 g/mol. The van der Waals surface area contributed by atoms with E-state index in [9.17, 15) is 9.59 Å². The molecule has 0 radical (unpaired) electrons. The Labute approximate surface area is 147 Å². The molecule has 132 valence electrons. The van der Waals surface area contributed by atoms with E-state index in [0.29, 0.717) is 18.9 Å². The van der Waals surface area contributed by atoms with Gasteiger partial charge in [0.1, 0.15) is 0 Å². The van der Waals surface area contributed by atoms with Gasteiger partial charge in [0.05, 0.1) is 16.6 Å². The standard InChI is InChI=1S/C17H24N4O2.ClH/c1-17(10-18,12-6-7-12)21-15(22)4-2-3-11-5-8-13-14(9-11)20-16(23)19-13;/h5,8-9,12H,2-4,6-7,10,18H2,1H3,(H,21,22)(H2,19,20,23);1H. The van der Waals surface area contributed by atoms with Crippen molar-refractivity contribution in [3.05, 3.63) is 34.2 Å². The van der Waals surface area contributed by atoms with E-state index < -0.39 is 0 Å². The second-order valence-electron chi connectivity index (χ2n) is 6.76. The van der Waals surface area contributed by atoms with Gasteiger partial charge in [-0.1, -0.05) is 6.07 Å². The Kier molecular flexibility index (Phi) is 5.72. The fourth-order valence-corrected chi connectivity index (χ4v) is 3.11. The van der Waals surface area contributed by atoms with Gasteiger partial charge in [-0.25, -0.2) is 4.79 Å². The molecule has 1 fully saturated rings. The summed E-state index contributed by atoms with van der Waals surface area (Å²) in [4.78, 5) is 28.9. The molecule has 3 rings (SSSR count). The lowest BCUT2D eigenvalue weighted by atomic mass is 9.95. The first kappa shape index (κ1) is 18.5. The number of carbonyl (C=O) groups is 1. The normalized spacial score (nSPS) is 16.4. The number of carbonyl (C=O) groups excluding carboxylic acids is 1. The predicted molar refractivity (Wildman–Crippen MR) is 97.4 cm³/mol. The van der Waals surface area contributed by atoms with Gasteiger partial charge < -0.3 is 21.0 Å². The van der Waals surface area contributed by atoms with E-state index in [4.69, 9.17) is 5.73 Å². The number of aromatic nitrogens is 2. The Morgan fingerprint density at radius 1 is 1.33 bits per heavy atom. The molecule has 1 amide bonds. The van der Waals surface area contributed by atoms with Crippen LogP contribution in [-0.2, 0) is 11.2 Å². The molecule has 5 N–H and O–H groups in total. The number of benzene rings is 1. The molecule has 7 heteroatoms. The summed E-state index contributed by atoms with van der Waals surface area (Å²) in [6.07, 6.45) is 4.38. The van der Waals surface area contributed by atoms with Crippen LogP contribution in [0.15, 0.2) is 23.0 Å². The van der Waals surface area contributed by atoms with Crippen LogP contribution < -0.4 is 16.7 Å². The molecule has 0 aliphatic heterocycles. The Hall–Kier alpha value is -1.79. The van der Waals surface area contributed by atoms with Crippen molar-refractivity contribution in [2.75, 3.05) is 6.54 Å². The molecule has 0 saturated heterocycles. The highest BCUT2D eigenvalue weighted by atomic mass is 35.5. The third-order valence-electron chi connectivity index (χ3n) is 4.78. The number of H-pyrrole nitrogens is 2. The van der Waals surface area contributed by atoms with Gasteiger partial charge in [-0.05, 0) is 56.2 Å². The number of aromatic amines is 2. The van der Waals surface area contributed by atoms with Gasteiger partial charge in [-0.2, -0.15) is 0 Å². The summed E-state index contributed by atoms with van der Waals surface area (Å²) in [5.74, 6) is 0.602. The van der Waals surface area contributed by atoms with Crippen LogP contribution in [0.3, 0.4) is 0 Å². The van der Waals surface area contributed by atoms with E-state index in [1.807, 2.05) is 25.1 Å². The predicted octanol–water partition coefficient (Wildman–Crippen LogP) is 1.84. The molecule has 24 heavy (non-hydrogen) atoms. The molecule has 6 nitrogen and oxygen atoms in total. The van der Waals surface area contributed by atoms with Crippen molar-refractivity contribution < 1.29 is 4.79 Å². The maximum Gasteiger partial charge on any atom is 0.323 e. The largest absolute Gasteiger partial charge is 0.349 e. The quantitative estimate of drug-likeness (QED) is 0.611. The van der Waals surface area contributed by atoms with E-state index in [-0.39, 0.29) is 29.5 Å². The molecule has 1 heterocycles. The summed E-state index contributed by atoms with van der Waals surface area (Å²) in [6.45, 7) is 2.53. The lowest BCUT2D eigenvalue weighted by Crippen LogP contribution is -2.53. The lowest BCUT2D eigenvalue weighted by Gasteiger charge is -2.29. The van der Waals surface area contributed by atoms with Gasteiger partial charge in [0, 0.05) is 13.0 Å². The van der Waals surface area contributed by atoms with Crippen LogP contribution in [0.5, 0.6) is 0 Å². The zero-order valence-electron chi connectivity index (χ0n) is 13.9. The van der Waals surface area contributed by atoms with E-state index in [1.165, 1.54) is 0 Å². The molecule has 1 unspecified atom stereocenters. The van der Waals surface area contributed by atoms with Crippen LogP contribution in [0.2, 0.25) is 0 Å². The fraction of sp³-hybridized carbons (Fsp3) is 0.529. The summed E-state index contributed by atoms with van der Waals surface area (Å²) in [5, 5.41) is 3.11. The topological polar surface area (TPSA) is 104 Å². The van der Waals surface area contributed by atoms with Crippen LogP contribution in [0, 0.1) is 5.92 Å². The number of hydrogen-bond donors (Lipinski definition) is 4. The van der Waals surface area contributed by atoms with E-state index in [0.717, 1.165) is 42.3 Å². The van der Waals surface area contributed by atoms with Crippen molar-refractivity contribution in [3.8, 4) is 0 Å². The van der Waals surface area contributed by atoms with Gasteiger partial charge >= 0.3 is 5.69 Å². The van der Waals surface area contributed by atoms with Crippen LogP contribution in [0.4, 0.5) is 0 Å². The van der Waals surface area contributed by atoms with Gasteiger partial charge in [0.25, 0.3) is 0 Å². The summed E-state index contributed by atoms with van der Waals surface area (Å²) < 4.78 is 0. The second-order valence-corrected chi connectivity index (χ2v) is 6.76. The number of rotatable bonds is 7. The highest BCUT2D eigenvalue weighted by Crippen LogP contribution is 2.39. The smallest absolute Gasteiger partial charge is 0.323 e. The van der Waals surface area contributed by atoms with Gasteiger partial charge in [0.2, 0.25) is 5.91 Å². The molecule has 1 aliphatic carbocycles. The number of aryl methyl sites for hydroxylation is 1. The Morgan fingerprint density at radius 3 is 2.71 bits per heavy atom. The third kappa shape index (κ3) is 4.19. The number of halogens is 1. The highest BCUT2D eigenvalue weighted by molar-refractivity contribution is 5.85. The first-order chi connectivity index (χ1) is 11.0. The van der Waals surface area contributed by atoms with Crippen molar-refractivity contribution in [3.63, 3.8) is 0 Å². The fourth-order valence-electron chi connectivity index (χ4n) is 3.11. The summed E-state index contributed by atoms with van der Waals surface area (Å²) in [5.41, 5.74) is 8.11. The van der Waals surface area contributed by atoms with Crippen LogP contribution in [-0.4, -0.2) is 28.0 Å². The van der Waals surface area contributed by atoms with E-state index in [1.54, 1.807) is 0 Å². The maximum absolute atomic E-state index is 12.1. The number of hydrogen-bond acceptors (Lipinski definition) is 3. The minimum atomic E-state index is -0.249. The van der Waals surface area contributed by atoms with Crippen molar-refractivity contribution >= 4 is 29.3 Å². The highest BCUT2D eigenvalue weighted by Gasteiger charge is 2.41. The molecule has 0 spiro atoms. The van der Waals surface area contributed by atoms with Crippen molar-refractivity contribution in [2.45, 2.75) is 44.6 Å². The lowest BCUT2D eigenvalue weighted by molar-refractivity contribution is -0.123. The first-order valence-electron chi connectivity index (χ1n) is 8.22. The third-order valence-corrected chi connectivity index (χ3v) is 4.78. The van der Waals surface area contributed by atoms with E-state index in [2.05, 4.69) is 15.3 Å². The summed E-state index contributed by atoms with van der Waals surface area (Å²) in [6, 6.07) is 5.83. The Morgan fingerprint density at radius 2 is 2.04 bits per heavy atom. The van der Waals surface area contributed by atoms with Crippen molar-refractivity contribution in [1.29, 1.82) is 0 Å². The van der Waals surface area contributed by atoms with Gasteiger partial charge in [0.15, 0.2) is 0 Å². The molecule has 1 aromatic carbocycles. The van der Waals surface area contributed by atoms with Crippen LogP contribution >= 0.6 is 12.4 Å². The molecule has 2 aromatic rings. The molecular weight excluding hydrogens is 328 g/mol. The number of amides is 1. The molecule has 1 saturated carbocycles. The number of fused-ring (bicyclic) bond motifs is 1. The number of nitrogens with one attached hydrogen (secondary N) is 3. The summed E-state index contributed by atoms with van der Waals surface area (Å²) >= 11 is 0. The van der Waals surface area contributed by atoms with Gasteiger partial charge in [-0.3, -0.25) is 4.79 Å². The minimum Gasteiger partial charge on any atom is -0.349 e. The van der Waals surface area contributed by atoms with Crippen LogP contribution in [0.25, 0.3) is 11.0 Å². The monoisotopic (exact) mass is 352 g/mol. The van der Waals surface area contributed by atoms with Crippen molar-refractivity contribution in [1.82, 2.24) is 15.3 Å². The number of imidazole rings is 1. The number of nitrogens with two attached hydrogens (primary N) is 1. The summed E-state index contributed by atoms with van der Waals surface area (Å²) in [7, 11) is 0. The maximum atomic E-state index is 12.1. The molecule has 1 aromatic heterocycles. The van der Waals surface area contributed by atoms with E-state index >= 15 is 0 Å². The Bertz CT molecular complexity index is 765.